The van der Waals surface area contributed by atoms with Crippen LogP contribution >= 0.6 is 0 Å². The molecule has 1 saturated carbocycles. The molecule has 104 valence electrons. The quantitative estimate of drug-likeness (QED) is 0.904. The van der Waals surface area contributed by atoms with Crippen molar-refractivity contribution in [3.63, 3.8) is 0 Å². The molecule has 0 bridgehead atoms. The van der Waals surface area contributed by atoms with Crippen LogP contribution in [0.4, 0.5) is 0 Å². The van der Waals surface area contributed by atoms with Gasteiger partial charge in [-0.1, -0.05) is 31.0 Å². The van der Waals surface area contributed by atoms with Crippen molar-refractivity contribution in [2.75, 3.05) is 26.2 Å². The van der Waals surface area contributed by atoms with Crippen LogP contribution in [0.15, 0.2) is 24.3 Å². The highest BCUT2D eigenvalue weighted by Gasteiger charge is 2.26. The normalized spacial score (nSPS) is 22.9. The molecule has 1 N–H and O–H groups in total. The fourth-order valence-electron chi connectivity index (χ4n) is 3.44. The van der Waals surface area contributed by atoms with E-state index in [9.17, 15) is 5.11 Å². The van der Waals surface area contributed by atoms with Gasteiger partial charge in [0.15, 0.2) is 0 Å². The summed E-state index contributed by atoms with van der Waals surface area (Å²) in [5.74, 6) is 0.431. The van der Waals surface area contributed by atoms with E-state index in [4.69, 9.17) is 0 Å². The molecule has 0 radical (unpaired) electrons. The van der Waals surface area contributed by atoms with Crippen molar-refractivity contribution in [2.24, 2.45) is 0 Å². The van der Waals surface area contributed by atoms with E-state index in [2.05, 4.69) is 9.80 Å². The van der Waals surface area contributed by atoms with Gasteiger partial charge in [-0.15, -0.1) is 0 Å². The molecule has 19 heavy (non-hydrogen) atoms. The highest BCUT2D eigenvalue weighted by Crippen LogP contribution is 2.25. The summed E-state index contributed by atoms with van der Waals surface area (Å²) in [5, 5.41) is 9.83. The van der Waals surface area contributed by atoms with Gasteiger partial charge in [0, 0.05) is 44.3 Å². The van der Waals surface area contributed by atoms with E-state index in [1.165, 1.54) is 38.8 Å². The minimum atomic E-state index is 0.431. The first-order valence-corrected chi connectivity index (χ1v) is 7.56. The first kappa shape index (κ1) is 12.9. The number of para-hydroxylation sites is 1. The average Bonchev–Trinajstić information content (AvgIpc) is 2.96. The molecule has 1 heterocycles. The number of phenolic OH excluding ortho intramolecular Hbond substituents is 1. The van der Waals surface area contributed by atoms with Crippen LogP contribution in [0.5, 0.6) is 5.75 Å². The van der Waals surface area contributed by atoms with Crippen LogP contribution in [0.1, 0.15) is 31.2 Å². The van der Waals surface area contributed by atoms with Crippen LogP contribution in [0.2, 0.25) is 0 Å². The van der Waals surface area contributed by atoms with E-state index in [1.54, 1.807) is 6.07 Å². The number of benzene rings is 1. The molecule has 3 heteroatoms. The van der Waals surface area contributed by atoms with Gasteiger partial charge in [-0.25, -0.2) is 0 Å². The van der Waals surface area contributed by atoms with Gasteiger partial charge in [0.25, 0.3) is 0 Å². The zero-order valence-electron chi connectivity index (χ0n) is 11.6. The summed E-state index contributed by atoms with van der Waals surface area (Å²) in [4.78, 5) is 5.13. The molecule has 3 rings (SSSR count). The minimum absolute atomic E-state index is 0.431. The maximum absolute atomic E-state index is 9.83. The maximum atomic E-state index is 9.83. The lowest BCUT2D eigenvalue weighted by Crippen LogP contribution is -2.49. The second kappa shape index (κ2) is 5.93. The number of phenols is 1. The fourth-order valence-corrected chi connectivity index (χ4v) is 3.44. The number of aromatic hydroxyl groups is 1. The summed E-state index contributed by atoms with van der Waals surface area (Å²) in [6, 6.07) is 8.55. The van der Waals surface area contributed by atoms with Crippen LogP contribution in [0.3, 0.4) is 0 Å². The molecule has 0 aromatic heterocycles. The van der Waals surface area contributed by atoms with Crippen LogP contribution in [-0.4, -0.2) is 47.1 Å². The fraction of sp³-hybridized carbons (Fsp3) is 0.625. The van der Waals surface area contributed by atoms with Crippen LogP contribution < -0.4 is 0 Å². The number of nitrogens with zero attached hydrogens (tertiary/aromatic N) is 2. The highest BCUT2D eigenvalue weighted by molar-refractivity contribution is 5.31. The van der Waals surface area contributed by atoms with E-state index in [1.807, 2.05) is 18.2 Å². The van der Waals surface area contributed by atoms with Gasteiger partial charge < -0.3 is 5.11 Å². The molecule has 1 aromatic carbocycles. The van der Waals surface area contributed by atoms with Gasteiger partial charge in [-0.05, 0) is 18.9 Å². The summed E-state index contributed by atoms with van der Waals surface area (Å²) >= 11 is 0. The van der Waals surface area contributed by atoms with E-state index in [-0.39, 0.29) is 0 Å². The molecular weight excluding hydrogens is 236 g/mol. The molecule has 1 aliphatic heterocycles. The Hall–Kier alpha value is -1.06. The molecule has 3 nitrogen and oxygen atoms in total. The Morgan fingerprint density at radius 2 is 1.68 bits per heavy atom. The largest absolute Gasteiger partial charge is 0.508 e. The van der Waals surface area contributed by atoms with Crippen molar-refractivity contribution in [1.29, 1.82) is 0 Å². The lowest BCUT2D eigenvalue weighted by atomic mass is 10.1. The zero-order chi connectivity index (χ0) is 13.1. The molecule has 0 atom stereocenters. The Kier molecular flexibility index (Phi) is 4.04. The standard InChI is InChI=1S/C16H24N2O/c19-16-8-4-1-5-14(16)13-17-9-11-18(12-10-17)15-6-2-3-7-15/h1,4-5,8,15,19H,2-3,6-7,9-13H2. The molecule has 0 amide bonds. The second-order valence-electron chi connectivity index (χ2n) is 5.88. The first-order chi connectivity index (χ1) is 9.33. The molecule has 1 saturated heterocycles. The van der Waals surface area contributed by atoms with Gasteiger partial charge in [-0.3, -0.25) is 9.80 Å². The Bertz CT molecular complexity index is 407. The molecule has 1 aliphatic carbocycles. The van der Waals surface area contributed by atoms with Crippen LogP contribution in [0, 0.1) is 0 Å². The van der Waals surface area contributed by atoms with Crippen molar-refractivity contribution in [1.82, 2.24) is 9.80 Å². The third-order valence-corrected chi connectivity index (χ3v) is 4.63. The summed E-state index contributed by atoms with van der Waals surface area (Å²) in [5.41, 5.74) is 1.05. The monoisotopic (exact) mass is 260 g/mol. The number of rotatable bonds is 3. The summed E-state index contributed by atoms with van der Waals surface area (Å²) < 4.78 is 0. The maximum Gasteiger partial charge on any atom is 0.120 e. The molecule has 2 fully saturated rings. The van der Waals surface area contributed by atoms with E-state index in [0.29, 0.717) is 5.75 Å². The molecule has 2 aliphatic rings. The van der Waals surface area contributed by atoms with Crippen LogP contribution in [0.25, 0.3) is 0 Å². The zero-order valence-corrected chi connectivity index (χ0v) is 11.6. The highest BCUT2D eigenvalue weighted by atomic mass is 16.3. The van der Waals surface area contributed by atoms with Crippen LogP contribution in [-0.2, 0) is 6.54 Å². The number of hydrogen-bond donors (Lipinski definition) is 1. The van der Waals surface area contributed by atoms with Crippen molar-refractivity contribution >= 4 is 0 Å². The topological polar surface area (TPSA) is 26.7 Å². The lowest BCUT2D eigenvalue weighted by Gasteiger charge is -2.38. The van der Waals surface area contributed by atoms with Gasteiger partial charge in [0.1, 0.15) is 5.75 Å². The lowest BCUT2D eigenvalue weighted by molar-refractivity contribution is 0.0932. The number of piperazine rings is 1. The number of hydrogen-bond acceptors (Lipinski definition) is 3. The summed E-state index contributed by atoms with van der Waals surface area (Å²) in [6.45, 7) is 5.53. The Morgan fingerprint density at radius 1 is 1.00 bits per heavy atom. The SMILES string of the molecule is Oc1ccccc1CN1CCN(C2CCCC2)CC1. The summed E-state index contributed by atoms with van der Waals surface area (Å²) in [6.07, 6.45) is 5.64. The first-order valence-electron chi connectivity index (χ1n) is 7.56. The van der Waals surface area contributed by atoms with E-state index >= 15 is 0 Å². The minimum Gasteiger partial charge on any atom is -0.508 e. The molecule has 1 aromatic rings. The van der Waals surface area contributed by atoms with E-state index < -0.39 is 0 Å². The Labute approximate surface area is 115 Å². The smallest absolute Gasteiger partial charge is 0.120 e. The third-order valence-electron chi connectivity index (χ3n) is 4.63. The van der Waals surface area contributed by atoms with Crippen molar-refractivity contribution in [2.45, 2.75) is 38.3 Å². The van der Waals surface area contributed by atoms with Crippen molar-refractivity contribution in [3.05, 3.63) is 29.8 Å². The molecule has 0 unspecified atom stereocenters. The second-order valence-corrected chi connectivity index (χ2v) is 5.88. The van der Waals surface area contributed by atoms with Gasteiger partial charge >= 0.3 is 0 Å². The third kappa shape index (κ3) is 3.10. The van der Waals surface area contributed by atoms with Gasteiger partial charge in [0.05, 0.1) is 0 Å². The Balaban J connectivity index is 1.51. The predicted molar refractivity (Wildman–Crippen MR) is 77.2 cm³/mol. The van der Waals surface area contributed by atoms with Gasteiger partial charge in [-0.2, -0.15) is 0 Å². The van der Waals surface area contributed by atoms with Crippen molar-refractivity contribution < 1.29 is 5.11 Å². The van der Waals surface area contributed by atoms with Crippen molar-refractivity contribution in [3.8, 4) is 5.75 Å². The molecule has 0 spiro atoms. The predicted octanol–water partition coefficient (Wildman–Crippen LogP) is 2.45. The Morgan fingerprint density at radius 3 is 2.37 bits per heavy atom. The molecular formula is C16H24N2O. The van der Waals surface area contributed by atoms with Gasteiger partial charge in [0.2, 0.25) is 0 Å². The van der Waals surface area contributed by atoms with E-state index in [0.717, 1.165) is 31.2 Å². The summed E-state index contributed by atoms with van der Waals surface area (Å²) in [7, 11) is 0. The average molecular weight is 260 g/mol.